The Balaban J connectivity index is 2.17. The molecule has 84 valence electrons. The van der Waals surface area contributed by atoms with Crippen molar-refractivity contribution in [3.05, 3.63) is 24.3 Å². The van der Waals surface area contributed by atoms with Gasteiger partial charge in [-0.25, -0.2) is 0 Å². The molecule has 0 fully saturated rings. The first-order valence-electron chi connectivity index (χ1n) is 5.39. The number of hydrogen-bond acceptors (Lipinski definition) is 3. The van der Waals surface area contributed by atoms with Crippen molar-refractivity contribution in [1.29, 1.82) is 0 Å². The monoisotopic (exact) mass is 208 g/mol. The zero-order valence-corrected chi connectivity index (χ0v) is 9.57. The highest BCUT2D eigenvalue weighted by molar-refractivity contribution is 5.41. The van der Waals surface area contributed by atoms with Crippen LogP contribution in [0.3, 0.4) is 0 Å². The van der Waals surface area contributed by atoms with Crippen molar-refractivity contribution in [3.8, 4) is 5.75 Å². The molecule has 0 aromatic heterocycles. The lowest BCUT2D eigenvalue weighted by atomic mass is 10.3. The fourth-order valence-electron chi connectivity index (χ4n) is 1.25. The molecule has 0 amide bonds. The van der Waals surface area contributed by atoms with Crippen LogP contribution >= 0.6 is 0 Å². The maximum atomic E-state index is 5.58. The van der Waals surface area contributed by atoms with Crippen LogP contribution in [0.2, 0.25) is 0 Å². The quantitative estimate of drug-likeness (QED) is 0.574. The first kappa shape index (κ1) is 11.9. The molecule has 0 saturated heterocycles. The molecule has 0 aliphatic carbocycles. The molecule has 3 heteroatoms. The van der Waals surface area contributed by atoms with Crippen LogP contribution in [0.1, 0.15) is 13.3 Å². The standard InChI is InChI=1S/C12H20N2O/c1-3-14(2)9-4-10-15-12-7-5-11(13)6-8-12/h5-8H,3-4,9-10,13H2,1-2H3. The molecule has 0 spiro atoms. The molecule has 0 aliphatic heterocycles. The number of ether oxygens (including phenoxy) is 1. The molecule has 2 N–H and O–H groups in total. The number of nitrogens with zero attached hydrogens (tertiary/aromatic N) is 1. The number of nitrogens with two attached hydrogens (primary N) is 1. The van der Waals surface area contributed by atoms with E-state index in [1.165, 1.54) is 0 Å². The van der Waals surface area contributed by atoms with Crippen LogP contribution in [0, 0.1) is 0 Å². The Morgan fingerprint density at radius 2 is 1.93 bits per heavy atom. The summed E-state index contributed by atoms with van der Waals surface area (Å²) in [6, 6.07) is 7.51. The summed E-state index contributed by atoms with van der Waals surface area (Å²) in [6.07, 6.45) is 1.05. The lowest BCUT2D eigenvalue weighted by Gasteiger charge is -2.13. The minimum absolute atomic E-state index is 0.758. The third-order valence-corrected chi connectivity index (χ3v) is 2.37. The van der Waals surface area contributed by atoms with E-state index >= 15 is 0 Å². The highest BCUT2D eigenvalue weighted by Crippen LogP contribution is 2.13. The first-order valence-corrected chi connectivity index (χ1v) is 5.39. The van der Waals surface area contributed by atoms with E-state index in [1.54, 1.807) is 0 Å². The normalized spacial score (nSPS) is 10.6. The van der Waals surface area contributed by atoms with E-state index in [1.807, 2.05) is 24.3 Å². The molecule has 0 heterocycles. The third-order valence-electron chi connectivity index (χ3n) is 2.37. The van der Waals surface area contributed by atoms with E-state index in [0.717, 1.165) is 37.6 Å². The van der Waals surface area contributed by atoms with Crippen molar-refractivity contribution in [3.63, 3.8) is 0 Å². The van der Waals surface area contributed by atoms with Gasteiger partial charge in [0.2, 0.25) is 0 Å². The summed E-state index contributed by atoms with van der Waals surface area (Å²) in [7, 11) is 2.11. The van der Waals surface area contributed by atoms with Crippen LogP contribution in [0.4, 0.5) is 5.69 Å². The van der Waals surface area contributed by atoms with E-state index in [9.17, 15) is 0 Å². The van der Waals surface area contributed by atoms with Gasteiger partial charge in [-0.15, -0.1) is 0 Å². The van der Waals surface area contributed by atoms with Crippen molar-refractivity contribution in [2.75, 3.05) is 32.5 Å². The van der Waals surface area contributed by atoms with Crippen molar-refractivity contribution >= 4 is 5.69 Å². The van der Waals surface area contributed by atoms with Crippen LogP contribution in [-0.2, 0) is 0 Å². The largest absolute Gasteiger partial charge is 0.494 e. The van der Waals surface area contributed by atoms with Crippen molar-refractivity contribution in [2.24, 2.45) is 0 Å². The van der Waals surface area contributed by atoms with Gasteiger partial charge in [-0.2, -0.15) is 0 Å². The molecule has 0 unspecified atom stereocenters. The maximum absolute atomic E-state index is 5.58. The van der Waals surface area contributed by atoms with Crippen molar-refractivity contribution in [2.45, 2.75) is 13.3 Å². The molecule has 1 rings (SSSR count). The SMILES string of the molecule is CCN(C)CCCOc1ccc(N)cc1. The molecule has 3 nitrogen and oxygen atoms in total. The van der Waals surface area contributed by atoms with E-state index in [0.29, 0.717) is 0 Å². The van der Waals surface area contributed by atoms with E-state index in [4.69, 9.17) is 10.5 Å². The molecule has 0 atom stereocenters. The number of benzene rings is 1. The van der Waals surface area contributed by atoms with Gasteiger partial charge < -0.3 is 15.4 Å². The van der Waals surface area contributed by atoms with Gasteiger partial charge in [-0.05, 0) is 44.3 Å². The second-order valence-corrected chi connectivity index (χ2v) is 3.67. The van der Waals surface area contributed by atoms with E-state index in [-0.39, 0.29) is 0 Å². The average Bonchev–Trinajstić information content (AvgIpc) is 2.26. The molecular weight excluding hydrogens is 188 g/mol. The summed E-state index contributed by atoms with van der Waals surface area (Å²) < 4.78 is 5.57. The predicted octanol–water partition coefficient (Wildman–Crippen LogP) is 1.99. The van der Waals surface area contributed by atoms with Crippen LogP contribution in [0.5, 0.6) is 5.75 Å². The third kappa shape index (κ3) is 4.70. The summed E-state index contributed by atoms with van der Waals surface area (Å²) in [5, 5.41) is 0. The number of hydrogen-bond donors (Lipinski definition) is 1. The number of anilines is 1. The minimum Gasteiger partial charge on any atom is -0.494 e. The lowest BCUT2D eigenvalue weighted by molar-refractivity contribution is 0.268. The van der Waals surface area contributed by atoms with E-state index in [2.05, 4.69) is 18.9 Å². The van der Waals surface area contributed by atoms with Crippen molar-refractivity contribution in [1.82, 2.24) is 4.90 Å². The summed E-state index contributed by atoms with van der Waals surface area (Å²) >= 11 is 0. The van der Waals surface area contributed by atoms with Gasteiger partial charge in [0.25, 0.3) is 0 Å². The van der Waals surface area contributed by atoms with Gasteiger partial charge in [-0.3, -0.25) is 0 Å². The fraction of sp³-hybridized carbons (Fsp3) is 0.500. The summed E-state index contributed by atoms with van der Waals surface area (Å²) in [6.45, 7) is 5.07. The highest BCUT2D eigenvalue weighted by Gasteiger charge is 1.96. The van der Waals surface area contributed by atoms with Gasteiger partial charge >= 0.3 is 0 Å². The van der Waals surface area contributed by atoms with Crippen molar-refractivity contribution < 1.29 is 4.74 Å². The highest BCUT2D eigenvalue weighted by atomic mass is 16.5. The molecule has 0 radical (unpaired) electrons. The number of nitrogen functional groups attached to an aromatic ring is 1. The Hall–Kier alpha value is -1.22. The fourth-order valence-corrected chi connectivity index (χ4v) is 1.25. The van der Waals surface area contributed by atoms with Gasteiger partial charge in [0.15, 0.2) is 0 Å². The maximum Gasteiger partial charge on any atom is 0.119 e. The average molecular weight is 208 g/mol. The summed E-state index contributed by atoms with van der Waals surface area (Å²) in [4.78, 5) is 2.27. The smallest absolute Gasteiger partial charge is 0.119 e. The van der Waals surface area contributed by atoms with Crippen LogP contribution < -0.4 is 10.5 Å². The number of rotatable bonds is 6. The molecule has 0 saturated carbocycles. The lowest BCUT2D eigenvalue weighted by Crippen LogP contribution is -2.20. The Kier molecular flexibility index (Phi) is 4.98. The van der Waals surface area contributed by atoms with Gasteiger partial charge in [0.05, 0.1) is 6.61 Å². The second-order valence-electron chi connectivity index (χ2n) is 3.67. The molecule has 15 heavy (non-hydrogen) atoms. The Morgan fingerprint density at radius 3 is 2.53 bits per heavy atom. The van der Waals surface area contributed by atoms with Gasteiger partial charge in [0.1, 0.15) is 5.75 Å². The molecule has 0 aliphatic rings. The molecular formula is C12H20N2O. The predicted molar refractivity (Wildman–Crippen MR) is 64.1 cm³/mol. The van der Waals surface area contributed by atoms with Crippen LogP contribution in [0.15, 0.2) is 24.3 Å². The van der Waals surface area contributed by atoms with Crippen LogP contribution in [-0.4, -0.2) is 31.6 Å². The summed E-state index contributed by atoms with van der Waals surface area (Å²) in [5.74, 6) is 0.892. The minimum atomic E-state index is 0.758. The van der Waals surface area contributed by atoms with E-state index < -0.39 is 0 Å². The molecule has 0 bridgehead atoms. The Morgan fingerprint density at radius 1 is 1.27 bits per heavy atom. The van der Waals surface area contributed by atoms with Gasteiger partial charge in [0, 0.05) is 12.2 Å². The molecule has 1 aromatic rings. The Bertz CT molecular complexity index is 271. The van der Waals surface area contributed by atoms with Gasteiger partial charge in [-0.1, -0.05) is 6.92 Å². The Labute approximate surface area is 91.8 Å². The zero-order chi connectivity index (χ0) is 11.1. The van der Waals surface area contributed by atoms with Crippen LogP contribution in [0.25, 0.3) is 0 Å². The molecule has 1 aromatic carbocycles. The second kappa shape index (κ2) is 6.30. The topological polar surface area (TPSA) is 38.5 Å². The zero-order valence-electron chi connectivity index (χ0n) is 9.57. The summed E-state index contributed by atoms with van der Waals surface area (Å²) in [5.41, 5.74) is 6.35. The first-order chi connectivity index (χ1) is 7.22.